The zero-order valence-electron chi connectivity index (χ0n) is 13.7. The number of aliphatic hydroxyl groups excluding tert-OH is 1. The molecule has 0 unspecified atom stereocenters. The van der Waals surface area contributed by atoms with Crippen molar-refractivity contribution in [3.63, 3.8) is 0 Å². The van der Waals surface area contributed by atoms with E-state index in [2.05, 4.69) is 28.5 Å². The van der Waals surface area contributed by atoms with E-state index in [0.29, 0.717) is 11.8 Å². The van der Waals surface area contributed by atoms with Gasteiger partial charge in [-0.1, -0.05) is 23.9 Å². The van der Waals surface area contributed by atoms with E-state index < -0.39 is 6.10 Å². The quantitative estimate of drug-likeness (QED) is 0.784. The third kappa shape index (κ3) is 3.84. The van der Waals surface area contributed by atoms with E-state index in [9.17, 15) is 5.11 Å². The van der Waals surface area contributed by atoms with Gasteiger partial charge in [0.1, 0.15) is 12.4 Å². The molecule has 23 heavy (non-hydrogen) atoms. The maximum Gasteiger partial charge on any atom is 0.209 e. The van der Waals surface area contributed by atoms with Gasteiger partial charge in [0.2, 0.25) is 5.16 Å². The van der Waals surface area contributed by atoms with Crippen molar-refractivity contribution in [2.24, 2.45) is 0 Å². The molecule has 0 aliphatic heterocycles. The number of ether oxygens (including phenoxy) is 1. The van der Waals surface area contributed by atoms with Crippen molar-refractivity contribution in [2.45, 2.75) is 50.9 Å². The fourth-order valence-electron chi connectivity index (χ4n) is 2.37. The smallest absolute Gasteiger partial charge is 0.209 e. The van der Waals surface area contributed by atoms with Crippen LogP contribution in [-0.4, -0.2) is 43.8 Å². The molecule has 1 N–H and O–H groups in total. The Kier molecular flexibility index (Phi) is 4.87. The van der Waals surface area contributed by atoms with Crippen LogP contribution in [-0.2, 0) is 0 Å². The molecule has 1 aliphatic carbocycles. The maximum atomic E-state index is 10.2. The normalized spacial score (nSPS) is 15.7. The van der Waals surface area contributed by atoms with Crippen molar-refractivity contribution < 1.29 is 9.84 Å². The first-order chi connectivity index (χ1) is 11.1. The Bertz CT molecular complexity index is 685. The van der Waals surface area contributed by atoms with Gasteiger partial charge in [-0.2, -0.15) is 0 Å². The first kappa shape index (κ1) is 16.3. The summed E-state index contributed by atoms with van der Waals surface area (Å²) in [6.07, 6.45) is 1.70. The third-order valence-corrected chi connectivity index (χ3v) is 5.13. The third-order valence-electron chi connectivity index (χ3n) is 4.05. The fraction of sp³-hybridized carbons (Fsp3) is 0.562. The van der Waals surface area contributed by atoms with Gasteiger partial charge in [0.05, 0.1) is 12.1 Å². The molecular weight excluding hydrogens is 312 g/mol. The number of hydrogen-bond acceptors (Lipinski definition) is 6. The summed E-state index contributed by atoms with van der Waals surface area (Å²) >= 11 is 1.47. The Morgan fingerprint density at radius 1 is 1.30 bits per heavy atom. The lowest BCUT2D eigenvalue weighted by atomic mass is 10.1. The summed E-state index contributed by atoms with van der Waals surface area (Å²) in [5.74, 6) is 1.38. The van der Waals surface area contributed by atoms with Crippen molar-refractivity contribution >= 4 is 11.8 Å². The van der Waals surface area contributed by atoms with E-state index in [-0.39, 0.29) is 6.61 Å². The zero-order valence-corrected chi connectivity index (χ0v) is 14.5. The molecule has 1 saturated carbocycles. The molecule has 2 aromatic rings. The standard InChI is InChI=1S/C16H22N4O2S/c1-10-4-5-11(2)15(12(10)3)22-8-14(21)9-23-16-17-18-19-20(16)13-6-7-13/h4-5,13-14,21H,6-9H2,1-3H3/t14-/m0/s1. The summed E-state index contributed by atoms with van der Waals surface area (Å²) in [4.78, 5) is 0. The molecule has 1 aliphatic rings. The molecule has 0 radical (unpaired) electrons. The minimum atomic E-state index is -0.566. The SMILES string of the molecule is Cc1ccc(C)c(OC[C@H](O)CSc2nnnn2C2CC2)c1C. The first-order valence-corrected chi connectivity index (χ1v) is 8.83. The van der Waals surface area contributed by atoms with Crippen LogP contribution in [0.15, 0.2) is 17.3 Å². The number of aliphatic hydroxyl groups is 1. The zero-order chi connectivity index (χ0) is 16.4. The fourth-order valence-corrected chi connectivity index (χ4v) is 3.22. The van der Waals surface area contributed by atoms with Crippen LogP contribution in [0, 0.1) is 20.8 Å². The Hall–Kier alpha value is -1.60. The van der Waals surface area contributed by atoms with Crippen LogP contribution < -0.4 is 4.74 Å². The van der Waals surface area contributed by atoms with E-state index in [4.69, 9.17) is 4.74 Å². The van der Waals surface area contributed by atoms with Crippen molar-refractivity contribution in [1.82, 2.24) is 20.2 Å². The number of nitrogens with zero attached hydrogens (tertiary/aromatic N) is 4. The molecule has 0 saturated heterocycles. The average molecular weight is 334 g/mol. The molecule has 1 heterocycles. The monoisotopic (exact) mass is 334 g/mol. The Morgan fingerprint density at radius 2 is 2.04 bits per heavy atom. The Balaban J connectivity index is 1.53. The van der Waals surface area contributed by atoms with E-state index in [0.717, 1.165) is 34.9 Å². The van der Waals surface area contributed by atoms with Crippen molar-refractivity contribution in [3.05, 3.63) is 28.8 Å². The van der Waals surface area contributed by atoms with Gasteiger partial charge in [0.25, 0.3) is 0 Å². The van der Waals surface area contributed by atoms with Gasteiger partial charge < -0.3 is 9.84 Å². The summed E-state index contributed by atoms with van der Waals surface area (Å²) in [7, 11) is 0. The minimum Gasteiger partial charge on any atom is -0.490 e. The van der Waals surface area contributed by atoms with Crippen LogP contribution >= 0.6 is 11.8 Å². The average Bonchev–Trinajstić information content (AvgIpc) is 3.27. The molecular formula is C16H22N4O2S. The Labute approximate surface area is 140 Å². The summed E-state index contributed by atoms with van der Waals surface area (Å²) in [5, 5.41) is 22.7. The highest BCUT2D eigenvalue weighted by atomic mass is 32.2. The van der Waals surface area contributed by atoms with E-state index >= 15 is 0 Å². The van der Waals surface area contributed by atoms with Crippen LogP contribution in [0.5, 0.6) is 5.75 Å². The number of tetrazole rings is 1. The summed E-state index contributed by atoms with van der Waals surface area (Å²) in [6, 6.07) is 4.57. The van der Waals surface area contributed by atoms with Crippen molar-refractivity contribution in [2.75, 3.05) is 12.4 Å². The number of hydrogen-bond donors (Lipinski definition) is 1. The first-order valence-electron chi connectivity index (χ1n) is 7.84. The van der Waals surface area contributed by atoms with Gasteiger partial charge >= 0.3 is 0 Å². The summed E-state index contributed by atoms with van der Waals surface area (Å²) < 4.78 is 7.70. The Morgan fingerprint density at radius 3 is 2.78 bits per heavy atom. The molecule has 3 rings (SSSR count). The van der Waals surface area contributed by atoms with Crippen LogP contribution in [0.2, 0.25) is 0 Å². The van der Waals surface area contributed by atoms with Crippen molar-refractivity contribution in [1.29, 1.82) is 0 Å². The molecule has 7 heteroatoms. The van der Waals surface area contributed by atoms with Gasteiger partial charge in [0.15, 0.2) is 0 Å². The number of aromatic nitrogens is 4. The van der Waals surface area contributed by atoms with E-state index in [1.54, 1.807) is 0 Å². The molecule has 1 aromatic carbocycles. The van der Waals surface area contributed by atoms with E-state index in [1.165, 1.54) is 17.3 Å². The maximum absolute atomic E-state index is 10.2. The molecule has 1 fully saturated rings. The highest BCUT2D eigenvalue weighted by Crippen LogP contribution is 2.36. The second-order valence-electron chi connectivity index (χ2n) is 6.07. The molecule has 6 nitrogen and oxygen atoms in total. The highest BCUT2D eigenvalue weighted by Gasteiger charge is 2.28. The molecule has 0 spiro atoms. The lowest BCUT2D eigenvalue weighted by Crippen LogP contribution is -2.21. The van der Waals surface area contributed by atoms with Gasteiger partial charge in [0, 0.05) is 5.75 Å². The second-order valence-corrected chi connectivity index (χ2v) is 7.05. The van der Waals surface area contributed by atoms with Crippen LogP contribution in [0.25, 0.3) is 0 Å². The number of rotatable bonds is 7. The van der Waals surface area contributed by atoms with Gasteiger partial charge in [-0.15, -0.1) is 5.10 Å². The van der Waals surface area contributed by atoms with Gasteiger partial charge in [-0.25, -0.2) is 4.68 Å². The number of aryl methyl sites for hydroxylation is 2. The highest BCUT2D eigenvalue weighted by molar-refractivity contribution is 7.99. The summed E-state index contributed by atoms with van der Waals surface area (Å²) in [6.45, 7) is 6.39. The van der Waals surface area contributed by atoms with Gasteiger partial charge in [-0.05, 0) is 60.7 Å². The van der Waals surface area contributed by atoms with Crippen LogP contribution in [0.1, 0.15) is 35.6 Å². The number of thioether (sulfide) groups is 1. The molecule has 124 valence electrons. The van der Waals surface area contributed by atoms with Crippen molar-refractivity contribution in [3.8, 4) is 5.75 Å². The molecule has 1 aromatic heterocycles. The number of benzene rings is 1. The molecule has 1 atom stereocenters. The molecule has 0 amide bonds. The lowest BCUT2D eigenvalue weighted by molar-refractivity contribution is 0.125. The predicted octanol–water partition coefficient (Wildman–Crippen LogP) is 2.47. The topological polar surface area (TPSA) is 73.1 Å². The largest absolute Gasteiger partial charge is 0.490 e. The molecule has 0 bridgehead atoms. The van der Waals surface area contributed by atoms with Gasteiger partial charge in [-0.3, -0.25) is 0 Å². The second kappa shape index (κ2) is 6.88. The predicted molar refractivity (Wildman–Crippen MR) is 89.0 cm³/mol. The van der Waals surface area contributed by atoms with Crippen LogP contribution in [0.3, 0.4) is 0 Å². The van der Waals surface area contributed by atoms with Crippen LogP contribution in [0.4, 0.5) is 0 Å². The summed E-state index contributed by atoms with van der Waals surface area (Å²) in [5.41, 5.74) is 3.41. The minimum absolute atomic E-state index is 0.267. The lowest BCUT2D eigenvalue weighted by Gasteiger charge is -2.16. The van der Waals surface area contributed by atoms with E-state index in [1.807, 2.05) is 24.6 Å².